The van der Waals surface area contributed by atoms with Gasteiger partial charge in [0.05, 0.1) is 0 Å². The van der Waals surface area contributed by atoms with Crippen LogP contribution in [-0.4, -0.2) is 41.1 Å². The van der Waals surface area contributed by atoms with Crippen molar-refractivity contribution in [2.24, 2.45) is 5.92 Å². The molecule has 114 valence electrons. The first-order valence-electron chi connectivity index (χ1n) is 7.58. The van der Waals surface area contributed by atoms with E-state index < -0.39 is 0 Å². The van der Waals surface area contributed by atoms with Crippen LogP contribution in [0.5, 0.6) is 0 Å². The zero-order valence-electron chi connectivity index (χ0n) is 12.1. The van der Waals surface area contributed by atoms with E-state index in [0.29, 0.717) is 18.2 Å². The summed E-state index contributed by atoms with van der Waals surface area (Å²) < 4.78 is 1.34. The number of nitrogens with zero attached hydrogens (tertiary/aromatic N) is 2. The Hall–Kier alpha value is -1.82. The van der Waals surface area contributed by atoms with Crippen LogP contribution in [0.1, 0.15) is 19.3 Å². The Morgan fingerprint density at radius 3 is 2.90 bits per heavy atom. The molecule has 3 rings (SSSR count). The van der Waals surface area contributed by atoms with Gasteiger partial charge < -0.3 is 20.5 Å². The number of amides is 1. The fourth-order valence-corrected chi connectivity index (χ4v) is 2.94. The Kier molecular flexibility index (Phi) is 3.96. The summed E-state index contributed by atoms with van der Waals surface area (Å²) in [5.74, 6) is 0.402. The monoisotopic (exact) mass is 290 g/mol. The molecule has 2 aliphatic rings. The van der Waals surface area contributed by atoms with Crippen molar-refractivity contribution in [3.05, 3.63) is 28.7 Å². The Morgan fingerprint density at radius 2 is 2.14 bits per heavy atom. The highest BCUT2D eigenvalue weighted by molar-refractivity contribution is 5.75. The lowest BCUT2D eigenvalue weighted by Crippen LogP contribution is -2.35. The number of hydrogen-bond donors (Lipinski definition) is 2. The third-order valence-corrected chi connectivity index (χ3v) is 4.29. The van der Waals surface area contributed by atoms with E-state index in [1.807, 2.05) is 0 Å². The second-order valence-corrected chi connectivity index (χ2v) is 6.11. The summed E-state index contributed by atoms with van der Waals surface area (Å²) in [5.41, 5.74) is 5.91. The van der Waals surface area contributed by atoms with Crippen molar-refractivity contribution in [2.45, 2.75) is 31.8 Å². The molecule has 0 spiro atoms. The highest BCUT2D eigenvalue weighted by atomic mass is 16.2. The Bertz CT molecular complexity index is 579. The number of hydrogen-bond acceptors (Lipinski definition) is 4. The van der Waals surface area contributed by atoms with Crippen LogP contribution in [0.25, 0.3) is 0 Å². The molecular formula is C15H22N4O2. The lowest BCUT2D eigenvalue weighted by Gasteiger charge is -2.15. The number of nitrogens with one attached hydrogen (secondary N) is 1. The van der Waals surface area contributed by atoms with Gasteiger partial charge in [-0.3, -0.25) is 9.59 Å². The predicted octanol–water partition coefficient (Wildman–Crippen LogP) is 0.0310. The molecule has 2 fully saturated rings. The third kappa shape index (κ3) is 3.64. The van der Waals surface area contributed by atoms with Crippen LogP contribution in [0.15, 0.2) is 23.1 Å². The smallest absolute Gasteiger partial charge is 0.251 e. The van der Waals surface area contributed by atoms with E-state index in [4.69, 9.17) is 5.73 Å². The maximum Gasteiger partial charge on any atom is 0.251 e. The summed E-state index contributed by atoms with van der Waals surface area (Å²) in [5, 5.41) is 2.93. The molecule has 6 heteroatoms. The molecule has 0 bridgehead atoms. The number of carbonyl (C=O) groups is 1. The molecule has 1 unspecified atom stereocenters. The van der Waals surface area contributed by atoms with Crippen molar-refractivity contribution < 1.29 is 4.79 Å². The first kappa shape index (κ1) is 14.1. The van der Waals surface area contributed by atoms with Gasteiger partial charge >= 0.3 is 0 Å². The number of likely N-dealkylation sites (tertiary alicyclic amines) is 1. The SMILES string of the molecule is Nc1ccc(=O)n(CC(=O)NCC2CCN(C3CC3)C2)c1. The van der Waals surface area contributed by atoms with Gasteiger partial charge in [0.2, 0.25) is 5.91 Å². The molecule has 21 heavy (non-hydrogen) atoms. The van der Waals surface area contributed by atoms with Crippen LogP contribution < -0.4 is 16.6 Å². The first-order valence-corrected chi connectivity index (χ1v) is 7.58. The van der Waals surface area contributed by atoms with Crippen LogP contribution >= 0.6 is 0 Å². The van der Waals surface area contributed by atoms with E-state index in [1.165, 1.54) is 29.7 Å². The number of pyridine rings is 1. The fraction of sp³-hybridized carbons (Fsp3) is 0.600. The average molecular weight is 290 g/mol. The number of nitrogens with two attached hydrogens (primary N) is 1. The van der Waals surface area contributed by atoms with Gasteiger partial charge in [-0.25, -0.2) is 0 Å². The summed E-state index contributed by atoms with van der Waals surface area (Å²) in [6.45, 7) is 2.96. The van der Waals surface area contributed by atoms with Crippen molar-refractivity contribution >= 4 is 11.6 Å². The highest BCUT2D eigenvalue weighted by Gasteiger charge is 2.34. The van der Waals surface area contributed by atoms with Crippen LogP contribution in [0, 0.1) is 5.92 Å². The van der Waals surface area contributed by atoms with Crippen molar-refractivity contribution in [3.63, 3.8) is 0 Å². The maximum atomic E-state index is 11.9. The maximum absolute atomic E-state index is 11.9. The summed E-state index contributed by atoms with van der Waals surface area (Å²) in [4.78, 5) is 26.1. The van der Waals surface area contributed by atoms with Gasteiger partial charge in [0.15, 0.2) is 0 Å². The van der Waals surface area contributed by atoms with Gasteiger partial charge in [-0.15, -0.1) is 0 Å². The molecule has 3 N–H and O–H groups in total. The molecule has 1 aromatic rings. The molecule has 1 atom stereocenters. The van der Waals surface area contributed by atoms with Gasteiger partial charge in [0, 0.05) is 37.1 Å². The molecule has 1 amide bonds. The van der Waals surface area contributed by atoms with E-state index in [9.17, 15) is 9.59 Å². The van der Waals surface area contributed by atoms with Crippen LogP contribution in [-0.2, 0) is 11.3 Å². The third-order valence-electron chi connectivity index (χ3n) is 4.29. The molecule has 1 aliphatic carbocycles. The number of carbonyl (C=O) groups excluding carboxylic acids is 1. The van der Waals surface area contributed by atoms with Gasteiger partial charge in [-0.2, -0.15) is 0 Å². The molecule has 2 heterocycles. The van der Waals surface area contributed by atoms with E-state index in [0.717, 1.165) is 25.6 Å². The van der Waals surface area contributed by atoms with E-state index in [2.05, 4.69) is 10.2 Å². The average Bonchev–Trinajstić information content (AvgIpc) is 3.20. The minimum atomic E-state index is -0.208. The Morgan fingerprint density at radius 1 is 1.33 bits per heavy atom. The zero-order valence-corrected chi connectivity index (χ0v) is 12.1. The zero-order chi connectivity index (χ0) is 14.8. The van der Waals surface area contributed by atoms with Crippen LogP contribution in [0.3, 0.4) is 0 Å². The number of rotatable bonds is 5. The lowest BCUT2D eigenvalue weighted by molar-refractivity contribution is -0.121. The number of aromatic nitrogens is 1. The summed E-state index contributed by atoms with van der Waals surface area (Å²) in [6.07, 6.45) is 5.32. The minimum absolute atomic E-state index is 0.0307. The topological polar surface area (TPSA) is 80.4 Å². The summed E-state index contributed by atoms with van der Waals surface area (Å²) in [6, 6.07) is 3.73. The van der Waals surface area contributed by atoms with Gasteiger partial charge in [0.25, 0.3) is 5.56 Å². The standard InChI is InChI=1S/C15H22N4O2/c16-12-1-4-15(21)19(9-12)10-14(20)17-7-11-5-6-18(8-11)13-2-3-13/h1,4,9,11,13H,2-3,5-8,10,16H2,(H,17,20). The number of anilines is 1. The van der Waals surface area contributed by atoms with Gasteiger partial charge in [-0.05, 0) is 37.8 Å². The van der Waals surface area contributed by atoms with E-state index in [1.54, 1.807) is 6.07 Å². The molecule has 0 radical (unpaired) electrons. The molecule has 1 aliphatic heterocycles. The van der Waals surface area contributed by atoms with Crippen LogP contribution in [0.2, 0.25) is 0 Å². The normalized spacial score (nSPS) is 22.4. The van der Waals surface area contributed by atoms with E-state index in [-0.39, 0.29) is 18.0 Å². The Labute approximate surface area is 123 Å². The highest BCUT2D eigenvalue weighted by Crippen LogP contribution is 2.31. The molecule has 1 saturated heterocycles. The van der Waals surface area contributed by atoms with Crippen LogP contribution in [0.4, 0.5) is 5.69 Å². The van der Waals surface area contributed by atoms with Crippen molar-refractivity contribution in [2.75, 3.05) is 25.4 Å². The predicted molar refractivity (Wildman–Crippen MR) is 80.8 cm³/mol. The quantitative estimate of drug-likeness (QED) is 0.802. The summed E-state index contributed by atoms with van der Waals surface area (Å²) in [7, 11) is 0. The second-order valence-electron chi connectivity index (χ2n) is 6.11. The summed E-state index contributed by atoms with van der Waals surface area (Å²) >= 11 is 0. The van der Waals surface area contributed by atoms with Crippen molar-refractivity contribution in [1.29, 1.82) is 0 Å². The van der Waals surface area contributed by atoms with E-state index >= 15 is 0 Å². The van der Waals surface area contributed by atoms with Gasteiger partial charge in [-0.1, -0.05) is 0 Å². The fourth-order valence-electron chi connectivity index (χ4n) is 2.94. The van der Waals surface area contributed by atoms with Gasteiger partial charge in [0.1, 0.15) is 6.54 Å². The Balaban J connectivity index is 1.46. The lowest BCUT2D eigenvalue weighted by atomic mass is 10.1. The number of nitrogen functional groups attached to an aromatic ring is 1. The van der Waals surface area contributed by atoms with Crippen molar-refractivity contribution in [1.82, 2.24) is 14.8 Å². The second kappa shape index (κ2) is 5.89. The first-order chi connectivity index (χ1) is 10.1. The van der Waals surface area contributed by atoms with Crippen molar-refractivity contribution in [3.8, 4) is 0 Å². The molecular weight excluding hydrogens is 268 g/mol. The molecule has 6 nitrogen and oxygen atoms in total. The largest absolute Gasteiger partial charge is 0.398 e. The molecule has 0 aromatic carbocycles. The molecule has 1 aromatic heterocycles. The minimum Gasteiger partial charge on any atom is -0.398 e. The molecule has 1 saturated carbocycles.